The highest BCUT2D eigenvalue weighted by Crippen LogP contribution is 2.23. The molecule has 1 saturated heterocycles. The van der Waals surface area contributed by atoms with Gasteiger partial charge in [0, 0.05) is 36.7 Å². The summed E-state index contributed by atoms with van der Waals surface area (Å²) in [4.78, 5) is 41.7. The number of nitrogens with zero attached hydrogens (tertiary/aromatic N) is 2. The normalized spacial score (nSPS) is 14.5. The minimum Gasteiger partial charge on any atom is -0.445 e. The fourth-order valence-corrected chi connectivity index (χ4v) is 4.18. The number of aryl methyl sites for hydroxylation is 1. The Morgan fingerprint density at radius 1 is 1.23 bits per heavy atom. The number of carbonyl (C=O) groups excluding carboxylic acids is 2. The van der Waals surface area contributed by atoms with Crippen molar-refractivity contribution in [3.05, 3.63) is 55.8 Å². The first-order chi connectivity index (χ1) is 14.7. The molecule has 10 heteroatoms. The van der Waals surface area contributed by atoms with Crippen molar-refractivity contribution in [3.63, 3.8) is 0 Å². The Balaban J connectivity index is 1.40. The minimum atomic E-state index is -0.632. The van der Waals surface area contributed by atoms with Crippen LogP contribution in [0.4, 0.5) is 4.79 Å². The number of aromatic amines is 1. The molecule has 2 amide bonds. The minimum absolute atomic E-state index is 0.113. The topological polar surface area (TPSA) is 95.9 Å². The van der Waals surface area contributed by atoms with Gasteiger partial charge in [-0.2, -0.15) is 0 Å². The van der Waals surface area contributed by atoms with Gasteiger partial charge in [-0.25, -0.2) is 9.59 Å². The Bertz CT molecular complexity index is 975. The van der Waals surface area contributed by atoms with Gasteiger partial charge >= 0.3 is 11.8 Å². The first kappa shape index (κ1) is 23.2. The largest absolute Gasteiger partial charge is 0.445 e. The Kier molecular flexibility index (Phi) is 7.67. The van der Waals surface area contributed by atoms with Gasteiger partial charge in [-0.3, -0.25) is 9.78 Å². The van der Waals surface area contributed by atoms with E-state index in [1.165, 1.54) is 0 Å². The average Bonchev–Trinajstić information content (AvgIpc) is 3.07. The van der Waals surface area contributed by atoms with Crippen LogP contribution in [-0.4, -0.2) is 53.5 Å². The molecule has 2 heterocycles. The van der Waals surface area contributed by atoms with Crippen LogP contribution in [-0.2, 0) is 11.3 Å². The summed E-state index contributed by atoms with van der Waals surface area (Å²) in [6.07, 6.45) is 2.12. The zero-order valence-corrected chi connectivity index (χ0v) is 19.0. The standard InChI is InChI=1S/C21H25Cl2N3O5/c1-13-18(24-20(28)31-13)19(27)25(2)6-3-14-4-7-26(8-5-14)21(29)30-12-15-9-16(22)11-17(23)10-15/h9-11,14H,3-8,12H2,1-2H3,(H,24,28). The number of benzene rings is 1. The van der Waals surface area contributed by atoms with Crippen LogP contribution < -0.4 is 5.76 Å². The van der Waals surface area contributed by atoms with Crippen molar-refractivity contribution in [3.8, 4) is 0 Å². The van der Waals surface area contributed by atoms with Gasteiger partial charge in [-0.15, -0.1) is 0 Å². The summed E-state index contributed by atoms with van der Waals surface area (Å²) in [7, 11) is 1.70. The van der Waals surface area contributed by atoms with Gasteiger partial charge in [0.2, 0.25) is 0 Å². The Labute approximate surface area is 190 Å². The molecule has 1 aromatic carbocycles. The molecule has 0 aliphatic carbocycles. The van der Waals surface area contributed by atoms with Crippen molar-refractivity contribution >= 4 is 35.2 Å². The highest BCUT2D eigenvalue weighted by molar-refractivity contribution is 6.34. The molecule has 0 unspecified atom stereocenters. The summed E-state index contributed by atoms with van der Waals surface area (Å²) in [5.74, 6) is -0.221. The molecule has 0 bridgehead atoms. The average molecular weight is 470 g/mol. The van der Waals surface area contributed by atoms with E-state index in [-0.39, 0.29) is 30.1 Å². The second kappa shape index (κ2) is 10.2. The smallest absolute Gasteiger partial charge is 0.417 e. The number of halogens is 2. The van der Waals surface area contributed by atoms with Gasteiger partial charge in [-0.1, -0.05) is 23.2 Å². The van der Waals surface area contributed by atoms with Gasteiger partial charge in [0.05, 0.1) is 0 Å². The van der Waals surface area contributed by atoms with Gasteiger partial charge in [0.15, 0.2) is 0 Å². The number of H-pyrrole nitrogens is 1. The van der Waals surface area contributed by atoms with E-state index in [9.17, 15) is 14.4 Å². The molecule has 0 saturated carbocycles. The zero-order chi connectivity index (χ0) is 22.5. The number of hydrogen-bond donors (Lipinski definition) is 1. The summed E-state index contributed by atoms with van der Waals surface area (Å²) in [6.45, 7) is 3.45. The first-order valence-electron chi connectivity index (χ1n) is 10.0. The van der Waals surface area contributed by atoms with Crippen molar-refractivity contribution < 1.29 is 18.7 Å². The molecule has 0 atom stereocenters. The summed E-state index contributed by atoms with van der Waals surface area (Å²) >= 11 is 11.9. The predicted molar refractivity (Wildman–Crippen MR) is 117 cm³/mol. The number of ether oxygens (including phenoxy) is 1. The van der Waals surface area contributed by atoms with Crippen LogP contribution in [0.3, 0.4) is 0 Å². The SMILES string of the molecule is Cc1oc(=O)[nH]c1C(=O)N(C)CCC1CCN(C(=O)OCc2cc(Cl)cc(Cl)c2)CC1. The van der Waals surface area contributed by atoms with E-state index in [4.69, 9.17) is 32.4 Å². The molecule has 31 heavy (non-hydrogen) atoms. The number of rotatable bonds is 6. The lowest BCUT2D eigenvalue weighted by molar-refractivity contribution is 0.0743. The van der Waals surface area contributed by atoms with E-state index < -0.39 is 5.76 Å². The second-order valence-corrected chi connectivity index (χ2v) is 8.60. The molecule has 1 aliphatic rings. The van der Waals surface area contributed by atoms with E-state index in [0.717, 1.165) is 24.8 Å². The number of carbonyl (C=O) groups is 2. The number of hydrogen-bond acceptors (Lipinski definition) is 5. The van der Waals surface area contributed by atoms with Crippen LogP contribution in [0, 0.1) is 12.8 Å². The predicted octanol–water partition coefficient (Wildman–Crippen LogP) is 4.09. The number of amides is 2. The summed E-state index contributed by atoms with van der Waals surface area (Å²) in [6, 6.07) is 5.05. The molecule has 1 N–H and O–H groups in total. The molecule has 8 nitrogen and oxygen atoms in total. The number of piperidine rings is 1. The van der Waals surface area contributed by atoms with Crippen molar-refractivity contribution in [2.45, 2.75) is 32.8 Å². The Morgan fingerprint density at radius 3 is 2.45 bits per heavy atom. The fourth-order valence-electron chi connectivity index (χ4n) is 3.61. The molecule has 168 valence electrons. The lowest BCUT2D eigenvalue weighted by Gasteiger charge is -2.32. The molecule has 0 spiro atoms. The maximum atomic E-state index is 12.4. The van der Waals surface area contributed by atoms with Gasteiger partial charge < -0.3 is 19.0 Å². The van der Waals surface area contributed by atoms with Gasteiger partial charge in [0.25, 0.3) is 5.91 Å². The first-order valence-corrected chi connectivity index (χ1v) is 10.8. The number of aromatic nitrogens is 1. The molecular formula is C21H25Cl2N3O5. The van der Waals surface area contributed by atoms with Gasteiger partial charge in [-0.05, 0) is 55.9 Å². The molecule has 1 aromatic heterocycles. The summed E-state index contributed by atoms with van der Waals surface area (Å²) in [5.41, 5.74) is 0.925. The monoisotopic (exact) mass is 469 g/mol. The van der Waals surface area contributed by atoms with Crippen LogP contribution >= 0.6 is 23.2 Å². The highest BCUT2D eigenvalue weighted by Gasteiger charge is 2.25. The van der Waals surface area contributed by atoms with Crippen LogP contribution in [0.5, 0.6) is 0 Å². The fraction of sp³-hybridized carbons (Fsp3) is 0.476. The van der Waals surface area contributed by atoms with Crippen LogP contribution in [0.2, 0.25) is 10.0 Å². The van der Waals surface area contributed by atoms with E-state index in [0.29, 0.717) is 35.6 Å². The van der Waals surface area contributed by atoms with Crippen molar-refractivity contribution in [1.29, 1.82) is 0 Å². The highest BCUT2D eigenvalue weighted by atomic mass is 35.5. The number of likely N-dealkylation sites (tertiary alicyclic amines) is 1. The lowest BCUT2D eigenvalue weighted by atomic mass is 9.93. The molecule has 1 aliphatic heterocycles. The summed E-state index contributed by atoms with van der Waals surface area (Å²) in [5, 5.41) is 0.995. The van der Waals surface area contributed by atoms with Crippen LogP contribution in [0.25, 0.3) is 0 Å². The third-order valence-corrected chi connectivity index (χ3v) is 5.85. The number of oxazole rings is 1. The van der Waals surface area contributed by atoms with E-state index in [1.54, 1.807) is 42.0 Å². The van der Waals surface area contributed by atoms with E-state index >= 15 is 0 Å². The van der Waals surface area contributed by atoms with Crippen molar-refractivity contribution in [2.75, 3.05) is 26.7 Å². The number of nitrogens with one attached hydrogen (secondary N) is 1. The molecule has 0 radical (unpaired) electrons. The maximum absolute atomic E-state index is 12.4. The van der Waals surface area contributed by atoms with Crippen LogP contribution in [0.15, 0.2) is 27.4 Å². The van der Waals surface area contributed by atoms with E-state index in [2.05, 4.69) is 4.98 Å². The van der Waals surface area contributed by atoms with Crippen molar-refractivity contribution in [1.82, 2.24) is 14.8 Å². The van der Waals surface area contributed by atoms with Crippen molar-refractivity contribution in [2.24, 2.45) is 5.92 Å². The van der Waals surface area contributed by atoms with E-state index in [1.807, 2.05) is 0 Å². The molecular weight excluding hydrogens is 445 g/mol. The lowest BCUT2D eigenvalue weighted by Crippen LogP contribution is -2.39. The second-order valence-electron chi connectivity index (χ2n) is 7.72. The maximum Gasteiger partial charge on any atom is 0.417 e. The zero-order valence-electron chi connectivity index (χ0n) is 17.5. The molecule has 2 aromatic rings. The van der Waals surface area contributed by atoms with Gasteiger partial charge in [0.1, 0.15) is 18.1 Å². The molecule has 3 rings (SSSR count). The van der Waals surface area contributed by atoms with Crippen LogP contribution in [0.1, 0.15) is 41.1 Å². The molecule has 1 fully saturated rings. The Morgan fingerprint density at radius 2 is 1.87 bits per heavy atom. The Hall–Kier alpha value is -2.45. The third-order valence-electron chi connectivity index (χ3n) is 5.42. The third kappa shape index (κ3) is 6.27. The summed E-state index contributed by atoms with van der Waals surface area (Å²) < 4.78 is 10.2. The quantitative estimate of drug-likeness (QED) is 0.686.